The molecule has 0 radical (unpaired) electrons. The van der Waals surface area contributed by atoms with E-state index in [0.29, 0.717) is 23.1 Å². The molecule has 1 aromatic rings. The Labute approximate surface area is 113 Å². The Morgan fingerprint density at radius 3 is 2.78 bits per heavy atom. The van der Waals surface area contributed by atoms with Crippen LogP contribution in [0.3, 0.4) is 0 Å². The lowest BCUT2D eigenvalue weighted by Gasteiger charge is -2.15. The number of anilines is 1. The minimum absolute atomic E-state index is 0.242. The van der Waals surface area contributed by atoms with Gasteiger partial charge in [-0.25, -0.2) is 4.98 Å². The third-order valence-corrected chi connectivity index (χ3v) is 3.82. The van der Waals surface area contributed by atoms with Crippen molar-refractivity contribution in [3.63, 3.8) is 0 Å². The van der Waals surface area contributed by atoms with Crippen LogP contribution in [0.5, 0.6) is 0 Å². The van der Waals surface area contributed by atoms with Crippen molar-refractivity contribution in [2.24, 2.45) is 11.8 Å². The summed E-state index contributed by atoms with van der Waals surface area (Å²) in [6, 6.07) is 3.43. The van der Waals surface area contributed by atoms with Gasteiger partial charge in [0.2, 0.25) is 5.91 Å². The summed E-state index contributed by atoms with van der Waals surface area (Å²) in [5, 5.41) is 11.8. The molecule has 18 heavy (non-hydrogen) atoms. The van der Waals surface area contributed by atoms with E-state index in [0.717, 1.165) is 6.42 Å². The number of aromatic nitrogens is 1. The molecule has 0 saturated heterocycles. The van der Waals surface area contributed by atoms with Gasteiger partial charge in [0.1, 0.15) is 4.60 Å². The SMILES string of the molecule is O=C(O)C1CCCC1C(=O)Nc1cccnc1Br. The van der Waals surface area contributed by atoms with E-state index in [2.05, 4.69) is 26.2 Å². The fraction of sp³-hybridized carbons (Fsp3) is 0.417. The number of amides is 1. The maximum Gasteiger partial charge on any atom is 0.307 e. The summed E-state index contributed by atoms with van der Waals surface area (Å²) in [6.07, 6.45) is 3.58. The van der Waals surface area contributed by atoms with E-state index in [1.54, 1.807) is 18.3 Å². The fourth-order valence-corrected chi connectivity index (χ4v) is 2.62. The van der Waals surface area contributed by atoms with Crippen molar-refractivity contribution in [3.05, 3.63) is 22.9 Å². The van der Waals surface area contributed by atoms with Crippen LogP contribution >= 0.6 is 15.9 Å². The van der Waals surface area contributed by atoms with Crippen molar-refractivity contribution in [1.82, 2.24) is 4.98 Å². The number of halogens is 1. The standard InChI is InChI=1S/C12H13BrN2O3/c13-10-9(5-2-6-14-10)15-11(16)7-3-1-4-8(7)12(17)18/h2,5-8H,1,3-4H2,(H,15,16)(H,17,18). The van der Waals surface area contributed by atoms with Crippen LogP contribution in [0.2, 0.25) is 0 Å². The van der Waals surface area contributed by atoms with Crippen molar-refractivity contribution in [3.8, 4) is 0 Å². The Morgan fingerprint density at radius 2 is 2.11 bits per heavy atom. The van der Waals surface area contributed by atoms with Gasteiger partial charge in [0.25, 0.3) is 0 Å². The predicted octanol–water partition coefficient (Wildman–Crippen LogP) is 2.28. The number of carbonyl (C=O) groups is 2. The van der Waals surface area contributed by atoms with Crippen LogP contribution < -0.4 is 5.32 Å². The predicted molar refractivity (Wildman–Crippen MR) is 69.0 cm³/mol. The molecule has 96 valence electrons. The fourth-order valence-electron chi connectivity index (χ4n) is 2.27. The molecule has 2 atom stereocenters. The van der Waals surface area contributed by atoms with Gasteiger partial charge in [0.05, 0.1) is 17.5 Å². The molecule has 1 heterocycles. The van der Waals surface area contributed by atoms with E-state index in [1.807, 2.05) is 0 Å². The van der Waals surface area contributed by atoms with Gasteiger partial charge in [-0.3, -0.25) is 9.59 Å². The minimum Gasteiger partial charge on any atom is -0.481 e. The molecule has 1 aliphatic rings. The average Bonchev–Trinajstić information content (AvgIpc) is 2.81. The molecule has 5 nitrogen and oxygen atoms in total. The van der Waals surface area contributed by atoms with Crippen molar-refractivity contribution in [1.29, 1.82) is 0 Å². The highest BCUT2D eigenvalue weighted by atomic mass is 79.9. The van der Waals surface area contributed by atoms with Gasteiger partial charge < -0.3 is 10.4 Å². The van der Waals surface area contributed by atoms with Crippen LogP contribution in [0.25, 0.3) is 0 Å². The van der Waals surface area contributed by atoms with Gasteiger partial charge in [-0.1, -0.05) is 6.42 Å². The second-order valence-electron chi connectivity index (χ2n) is 4.31. The first-order chi connectivity index (χ1) is 8.59. The maximum absolute atomic E-state index is 12.1. The van der Waals surface area contributed by atoms with Crippen LogP contribution in [0.1, 0.15) is 19.3 Å². The van der Waals surface area contributed by atoms with Crippen molar-refractivity contribution < 1.29 is 14.7 Å². The maximum atomic E-state index is 12.1. The quantitative estimate of drug-likeness (QED) is 0.839. The van der Waals surface area contributed by atoms with Gasteiger partial charge in [-0.05, 0) is 40.9 Å². The summed E-state index contributed by atoms with van der Waals surface area (Å²) in [7, 11) is 0. The Hall–Kier alpha value is -1.43. The van der Waals surface area contributed by atoms with Crippen LogP contribution in [0, 0.1) is 11.8 Å². The molecule has 1 amide bonds. The van der Waals surface area contributed by atoms with Crippen LogP contribution in [0.15, 0.2) is 22.9 Å². The summed E-state index contributed by atoms with van der Waals surface area (Å²) >= 11 is 3.24. The zero-order valence-electron chi connectivity index (χ0n) is 9.60. The number of pyridine rings is 1. The molecular formula is C12H13BrN2O3. The van der Waals surface area contributed by atoms with E-state index in [1.165, 1.54) is 0 Å². The summed E-state index contributed by atoms with van der Waals surface area (Å²) < 4.78 is 0.545. The summed E-state index contributed by atoms with van der Waals surface area (Å²) in [4.78, 5) is 27.1. The second kappa shape index (κ2) is 5.48. The number of hydrogen-bond acceptors (Lipinski definition) is 3. The van der Waals surface area contributed by atoms with Gasteiger partial charge >= 0.3 is 5.97 Å². The molecule has 1 fully saturated rings. The zero-order valence-corrected chi connectivity index (χ0v) is 11.2. The van der Waals surface area contributed by atoms with Crippen LogP contribution in [-0.2, 0) is 9.59 Å². The molecule has 0 aromatic carbocycles. The summed E-state index contributed by atoms with van der Waals surface area (Å²) in [5.41, 5.74) is 0.568. The van der Waals surface area contributed by atoms with E-state index in [9.17, 15) is 9.59 Å². The summed E-state index contributed by atoms with van der Waals surface area (Å²) in [5.74, 6) is -2.15. The first kappa shape index (κ1) is 13.0. The van der Waals surface area contributed by atoms with Gasteiger partial charge in [-0.2, -0.15) is 0 Å². The third kappa shape index (κ3) is 2.69. The molecule has 1 aliphatic carbocycles. The Kier molecular flexibility index (Phi) is 3.96. The lowest BCUT2D eigenvalue weighted by Crippen LogP contribution is -2.30. The van der Waals surface area contributed by atoms with E-state index in [-0.39, 0.29) is 5.91 Å². The lowest BCUT2D eigenvalue weighted by atomic mass is 9.95. The first-order valence-corrected chi connectivity index (χ1v) is 6.53. The smallest absolute Gasteiger partial charge is 0.307 e. The number of nitrogens with one attached hydrogen (secondary N) is 1. The molecule has 0 bridgehead atoms. The molecule has 2 N–H and O–H groups in total. The van der Waals surface area contributed by atoms with Crippen molar-refractivity contribution in [2.45, 2.75) is 19.3 Å². The highest BCUT2D eigenvalue weighted by Crippen LogP contribution is 2.33. The van der Waals surface area contributed by atoms with Crippen LogP contribution in [-0.4, -0.2) is 22.0 Å². The number of nitrogens with zero attached hydrogens (tertiary/aromatic N) is 1. The molecule has 0 spiro atoms. The average molecular weight is 313 g/mol. The molecule has 1 saturated carbocycles. The molecule has 6 heteroatoms. The number of rotatable bonds is 3. The Bertz CT molecular complexity index is 478. The normalized spacial score (nSPS) is 22.7. The topological polar surface area (TPSA) is 79.3 Å². The highest BCUT2D eigenvalue weighted by molar-refractivity contribution is 9.10. The van der Waals surface area contributed by atoms with Gasteiger partial charge in [0, 0.05) is 6.20 Å². The Balaban J connectivity index is 2.08. The number of carboxylic acid groups (broad SMARTS) is 1. The van der Waals surface area contributed by atoms with E-state index >= 15 is 0 Å². The van der Waals surface area contributed by atoms with E-state index in [4.69, 9.17) is 5.11 Å². The molecular weight excluding hydrogens is 300 g/mol. The van der Waals surface area contributed by atoms with Gasteiger partial charge in [-0.15, -0.1) is 0 Å². The van der Waals surface area contributed by atoms with Crippen molar-refractivity contribution >= 4 is 33.5 Å². The molecule has 0 aliphatic heterocycles. The highest BCUT2D eigenvalue weighted by Gasteiger charge is 2.37. The summed E-state index contributed by atoms with van der Waals surface area (Å²) in [6.45, 7) is 0. The Morgan fingerprint density at radius 1 is 1.39 bits per heavy atom. The lowest BCUT2D eigenvalue weighted by molar-refractivity contribution is -0.145. The van der Waals surface area contributed by atoms with Gasteiger partial charge in [0.15, 0.2) is 0 Å². The number of hydrogen-bond donors (Lipinski definition) is 2. The third-order valence-electron chi connectivity index (χ3n) is 3.19. The number of aliphatic carboxylic acids is 1. The van der Waals surface area contributed by atoms with E-state index < -0.39 is 17.8 Å². The zero-order chi connectivity index (χ0) is 13.1. The molecule has 1 aromatic heterocycles. The monoisotopic (exact) mass is 312 g/mol. The largest absolute Gasteiger partial charge is 0.481 e. The van der Waals surface area contributed by atoms with Crippen molar-refractivity contribution in [2.75, 3.05) is 5.32 Å². The minimum atomic E-state index is -0.891. The second-order valence-corrected chi connectivity index (χ2v) is 5.06. The first-order valence-electron chi connectivity index (χ1n) is 5.74. The molecule has 2 unspecified atom stereocenters. The molecule has 2 rings (SSSR count). The van der Waals surface area contributed by atoms with Crippen LogP contribution in [0.4, 0.5) is 5.69 Å². The number of carboxylic acids is 1. The number of carbonyl (C=O) groups excluding carboxylic acids is 1.